The first-order valence-corrected chi connectivity index (χ1v) is 10.8. The van der Waals surface area contributed by atoms with E-state index in [0.717, 1.165) is 10.6 Å². The van der Waals surface area contributed by atoms with Gasteiger partial charge in [0, 0.05) is 5.69 Å². The second kappa shape index (κ2) is 9.18. The fourth-order valence-corrected chi connectivity index (χ4v) is 4.64. The molecule has 3 rings (SSSR count). The van der Waals surface area contributed by atoms with Crippen LogP contribution in [-0.4, -0.2) is 58.0 Å². The van der Waals surface area contributed by atoms with Crippen molar-refractivity contribution in [3.05, 3.63) is 54.6 Å². The van der Waals surface area contributed by atoms with Crippen molar-refractivity contribution < 1.29 is 22.8 Å². The molecule has 2 aromatic carbocycles. The normalized spacial score (nSPS) is 15.9. The highest BCUT2D eigenvalue weighted by atomic mass is 32.2. The number of anilines is 1. The molecule has 28 heavy (non-hydrogen) atoms. The van der Waals surface area contributed by atoms with Gasteiger partial charge in [0.1, 0.15) is 5.75 Å². The molecule has 2 aromatic rings. The number of benzene rings is 2. The number of sulfonamides is 1. The standard InChI is InChI=1S/C20H25N3O4S/c1-2-27-18-8-10-19(11-9-18)28(25,26)23-14-12-22(13-15-23)16-20(24)21-17-6-4-3-5-7-17/h3-11H,2,12-16H2,1H3,(H,21,24)/p+1. The van der Waals surface area contributed by atoms with Crippen molar-refractivity contribution in [3.63, 3.8) is 0 Å². The topological polar surface area (TPSA) is 80.2 Å². The summed E-state index contributed by atoms with van der Waals surface area (Å²) >= 11 is 0. The van der Waals surface area contributed by atoms with Crippen LogP contribution in [0.4, 0.5) is 5.69 Å². The van der Waals surface area contributed by atoms with Crippen molar-refractivity contribution in [2.24, 2.45) is 0 Å². The highest BCUT2D eigenvalue weighted by Crippen LogP contribution is 2.19. The zero-order valence-electron chi connectivity index (χ0n) is 15.9. The number of quaternary nitrogens is 1. The van der Waals surface area contributed by atoms with Crippen molar-refractivity contribution in [1.29, 1.82) is 0 Å². The molecule has 0 radical (unpaired) electrons. The summed E-state index contributed by atoms with van der Waals surface area (Å²) in [6.45, 7) is 4.72. The number of hydrogen-bond donors (Lipinski definition) is 2. The highest BCUT2D eigenvalue weighted by molar-refractivity contribution is 7.89. The molecule has 0 atom stereocenters. The van der Waals surface area contributed by atoms with Crippen molar-refractivity contribution in [3.8, 4) is 5.75 Å². The fourth-order valence-electron chi connectivity index (χ4n) is 3.20. The number of piperazine rings is 1. The molecule has 2 N–H and O–H groups in total. The lowest BCUT2D eigenvalue weighted by atomic mass is 10.3. The first-order chi connectivity index (χ1) is 13.5. The first-order valence-electron chi connectivity index (χ1n) is 9.40. The Kier molecular flexibility index (Phi) is 6.66. The van der Waals surface area contributed by atoms with Crippen molar-refractivity contribution >= 4 is 21.6 Å². The minimum atomic E-state index is -3.53. The molecule has 0 aliphatic carbocycles. The monoisotopic (exact) mass is 404 g/mol. The van der Waals surface area contributed by atoms with Gasteiger partial charge in [-0.1, -0.05) is 18.2 Å². The number of ether oxygens (including phenoxy) is 1. The van der Waals surface area contributed by atoms with E-state index < -0.39 is 10.0 Å². The Morgan fingerprint density at radius 2 is 1.71 bits per heavy atom. The molecule has 1 aliphatic rings. The van der Waals surface area contributed by atoms with E-state index in [1.807, 2.05) is 37.3 Å². The molecule has 0 aromatic heterocycles. The third-order valence-corrected chi connectivity index (χ3v) is 6.58. The maximum absolute atomic E-state index is 12.8. The Bertz CT molecular complexity index is 877. The van der Waals surface area contributed by atoms with Gasteiger partial charge in [0.05, 0.1) is 37.7 Å². The first kappa shape index (κ1) is 20.3. The Morgan fingerprint density at radius 3 is 2.32 bits per heavy atom. The van der Waals surface area contributed by atoms with Crippen LogP contribution in [0.1, 0.15) is 6.92 Å². The Balaban J connectivity index is 1.53. The van der Waals surface area contributed by atoms with Crippen LogP contribution in [0.25, 0.3) is 0 Å². The average molecular weight is 405 g/mol. The molecular formula is C20H26N3O4S+. The minimum absolute atomic E-state index is 0.0657. The van der Waals surface area contributed by atoms with E-state index in [1.54, 1.807) is 24.3 Å². The molecule has 7 nitrogen and oxygen atoms in total. The zero-order valence-corrected chi connectivity index (χ0v) is 16.7. The molecule has 0 unspecified atom stereocenters. The number of carbonyl (C=O) groups excluding carboxylic acids is 1. The van der Waals surface area contributed by atoms with E-state index >= 15 is 0 Å². The lowest BCUT2D eigenvalue weighted by Crippen LogP contribution is -3.15. The van der Waals surface area contributed by atoms with Crippen LogP contribution in [0.15, 0.2) is 59.5 Å². The summed E-state index contributed by atoms with van der Waals surface area (Å²) < 4.78 is 32.5. The summed E-state index contributed by atoms with van der Waals surface area (Å²) in [5.74, 6) is 0.587. The van der Waals surface area contributed by atoms with Crippen molar-refractivity contribution in [2.45, 2.75) is 11.8 Å². The van der Waals surface area contributed by atoms with Crippen molar-refractivity contribution in [2.75, 3.05) is 44.6 Å². The van der Waals surface area contributed by atoms with Gasteiger partial charge in [-0.3, -0.25) is 4.79 Å². The van der Waals surface area contributed by atoms with Crippen LogP contribution in [0.2, 0.25) is 0 Å². The van der Waals surface area contributed by atoms with Crippen LogP contribution in [-0.2, 0) is 14.8 Å². The number of para-hydroxylation sites is 1. The molecule has 0 saturated carbocycles. The van der Waals surface area contributed by atoms with Crippen LogP contribution in [0.5, 0.6) is 5.75 Å². The van der Waals surface area contributed by atoms with Gasteiger partial charge in [0.2, 0.25) is 10.0 Å². The summed E-state index contributed by atoms with van der Waals surface area (Å²) in [4.78, 5) is 13.5. The third kappa shape index (κ3) is 5.09. The van der Waals surface area contributed by atoms with E-state index in [9.17, 15) is 13.2 Å². The van der Waals surface area contributed by atoms with Gasteiger partial charge in [-0.05, 0) is 43.3 Å². The Morgan fingerprint density at radius 1 is 1.07 bits per heavy atom. The summed E-state index contributed by atoms with van der Waals surface area (Å²) in [6.07, 6.45) is 0. The molecule has 1 saturated heterocycles. The van der Waals surface area contributed by atoms with Gasteiger partial charge in [-0.15, -0.1) is 0 Å². The molecular weight excluding hydrogens is 378 g/mol. The highest BCUT2D eigenvalue weighted by Gasteiger charge is 2.31. The largest absolute Gasteiger partial charge is 0.494 e. The van der Waals surface area contributed by atoms with Crippen LogP contribution >= 0.6 is 0 Å². The van der Waals surface area contributed by atoms with Crippen molar-refractivity contribution in [1.82, 2.24) is 4.31 Å². The van der Waals surface area contributed by atoms with E-state index in [4.69, 9.17) is 4.74 Å². The van der Waals surface area contributed by atoms with Gasteiger partial charge < -0.3 is 15.0 Å². The second-order valence-corrected chi connectivity index (χ2v) is 8.59. The number of nitrogens with one attached hydrogen (secondary N) is 2. The van der Waals surface area contributed by atoms with Gasteiger partial charge in [-0.2, -0.15) is 4.31 Å². The lowest BCUT2D eigenvalue weighted by molar-refractivity contribution is -0.895. The summed E-state index contributed by atoms with van der Waals surface area (Å²) in [5, 5.41) is 2.87. The van der Waals surface area contributed by atoms with E-state index in [2.05, 4.69) is 5.32 Å². The Labute approximate surface area is 166 Å². The minimum Gasteiger partial charge on any atom is -0.494 e. The third-order valence-electron chi connectivity index (χ3n) is 4.67. The van der Waals surface area contributed by atoms with Gasteiger partial charge in [0.15, 0.2) is 6.54 Å². The summed E-state index contributed by atoms with van der Waals surface area (Å²) in [6, 6.07) is 15.8. The summed E-state index contributed by atoms with van der Waals surface area (Å²) in [5.41, 5.74) is 0.767. The number of nitrogens with zero attached hydrogens (tertiary/aromatic N) is 1. The number of rotatable bonds is 7. The molecule has 1 amide bonds. The van der Waals surface area contributed by atoms with Gasteiger partial charge in [0.25, 0.3) is 5.91 Å². The molecule has 8 heteroatoms. The SMILES string of the molecule is CCOc1ccc(S(=O)(=O)N2CC[NH+](CC(=O)Nc3ccccc3)CC2)cc1. The lowest BCUT2D eigenvalue weighted by Gasteiger charge is -2.31. The zero-order chi connectivity index (χ0) is 20.0. The summed E-state index contributed by atoms with van der Waals surface area (Å²) in [7, 11) is -3.53. The molecule has 150 valence electrons. The molecule has 1 aliphatic heterocycles. The molecule has 1 heterocycles. The smallest absolute Gasteiger partial charge is 0.279 e. The Hall–Kier alpha value is -2.42. The average Bonchev–Trinajstić information content (AvgIpc) is 2.70. The van der Waals surface area contributed by atoms with Crippen LogP contribution < -0.4 is 15.0 Å². The predicted molar refractivity (Wildman–Crippen MR) is 107 cm³/mol. The van der Waals surface area contributed by atoms with Gasteiger partial charge in [-0.25, -0.2) is 8.42 Å². The quantitative estimate of drug-likeness (QED) is 0.709. The predicted octanol–water partition coefficient (Wildman–Crippen LogP) is 0.613. The maximum atomic E-state index is 12.8. The second-order valence-electron chi connectivity index (χ2n) is 6.65. The molecule has 1 fully saturated rings. The van der Waals surface area contributed by atoms with Crippen LogP contribution in [0, 0.1) is 0 Å². The van der Waals surface area contributed by atoms with E-state index in [1.165, 1.54) is 4.31 Å². The van der Waals surface area contributed by atoms with E-state index in [0.29, 0.717) is 45.1 Å². The van der Waals surface area contributed by atoms with E-state index in [-0.39, 0.29) is 10.8 Å². The molecule has 0 spiro atoms. The maximum Gasteiger partial charge on any atom is 0.279 e. The number of amides is 1. The fraction of sp³-hybridized carbons (Fsp3) is 0.350. The van der Waals surface area contributed by atoms with Crippen LogP contribution in [0.3, 0.4) is 0 Å². The number of carbonyl (C=O) groups is 1. The van der Waals surface area contributed by atoms with Gasteiger partial charge >= 0.3 is 0 Å². The number of hydrogen-bond acceptors (Lipinski definition) is 4. The molecule has 0 bridgehead atoms.